The Kier molecular flexibility index (Phi) is 6.36. The maximum atomic E-state index is 12.0. The highest BCUT2D eigenvalue weighted by Crippen LogP contribution is 2.19. The quantitative estimate of drug-likeness (QED) is 0.779. The minimum absolute atomic E-state index is 0.0531. The second kappa shape index (κ2) is 7.31. The first-order valence-electron chi connectivity index (χ1n) is 6.15. The molecule has 3 nitrogen and oxygen atoms in total. The Bertz CT molecular complexity index is 444. The number of nitrogens with one attached hydrogen (secondary N) is 1. The van der Waals surface area contributed by atoms with Crippen molar-refractivity contribution in [2.24, 2.45) is 0 Å². The van der Waals surface area contributed by atoms with Crippen molar-refractivity contribution in [3.8, 4) is 0 Å². The zero-order valence-electron chi connectivity index (χ0n) is 11.5. The van der Waals surface area contributed by atoms with E-state index in [2.05, 4.69) is 21.2 Å². The van der Waals surface area contributed by atoms with Gasteiger partial charge in [-0.15, -0.1) is 0 Å². The predicted molar refractivity (Wildman–Crippen MR) is 84.8 cm³/mol. The highest BCUT2D eigenvalue weighted by molar-refractivity contribution is 9.10. The molecular formula is C14H20BrNO2S. The summed E-state index contributed by atoms with van der Waals surface area (Å²) in [4.78, 5) is 12.0. The number of hydrogen-bond acceptors (Lipinski definition) is 3. The van der Waals surface area contributed by atoms with Crippen molar-refractivity contribution in [2.45, 2.75) is 26.4 Å². The number of hydrogen-bond donors (Lipinski definition) is 2. The van der Waals surface area contributed by atoms with Gasteiger partial charge >= 0.3 is 0 Å². The van der Waals surface area contributed by atoms with Crippen molar-refractivity contribution in [3.05, 3.63) is 33.8 Å². The number of benzene rings is 1. The van der Waals surface area contributed by atoms with Crippen LogP contribution in [0, 0.1) is 6.92 Å². The van der Waals surface area contributed by atoms with E-state index < -0.39 is 5.60 Å². The molecule has 1 aromatic carbocycles. The molecule has 0 spiro atoms. The molecule has 0 saturated heterocycles. The number of aliphatic hydroxyl groups is 1. The minimum Gasteiger partial charge on any atom is -0.390 e. The maximum Gasteiger partial charge on any atom is 0.251 e. The summed E-state index contributed by atoms with van der Waals surface area (Å²) in [7, 11) is 0. The fourth-order valence-electron chi connectivity index (χ4n) is 1.51. The van der Waals surface area contributed by atoms with Gasteiger partial charge in [-0.3, -0.25) is 4.79 Å². The molecule has 0 saturated carbocycles. The van der Waals surface area contributed by atoms with Crippen LogP contribution in [0.4, 0.5) is 0 Å². The molecule has 0 aliphatic heterocycles. The van der Waals surface area contributed by atoms with E-state index in [-0.39, 0.29) is 5.91 Å². The van der Waals surface area contributed by atoms with Gasteiger partial charge in [0, 0.05) is 28.1 Å². The molecule has 0 radical (unpaired) electrons. The van der Waals surface area contributed by atoms with Crippen molar-refractivity contribution in [1.29, 1.82) is 0 Å². The second-order valence-electron chi connectivity index (χ2n) is 5.03. The Hall–Kier alpha value is -0.520. The van der Waals surface area contributed by atoms with E-state index in [1.165, 1.54) is 0 Å². The van der Waals surface area contributed by atoms with Gasteiger partial charge in [-0.05, 0) is 38.5 Å². The van der Waals surface area contributed by atoms with Crippen molar-refractivity contribution in [2.75, 3.05) is 18.1 Å². The third-order valence-corrected chi connectivity index (χ3v) is 4.76. The summed E-state index contributed by atoms with van der Waals surface area (Å²) in [6.45, 7) is 6.08. The zero-order valence-corrected chi connectivity index (χ0v) is 13.9. The Balaban J connectivity index is 2.38. The van der Waals surface area contributed by atoms with Gasteiger partial charge in [-0.25, -0.2) is 0 Å². The van der Waals surface area contributed by atoms with E-state index in [1.54, 1.807) is 25.6 Å². The number of halogens is 1. The first kappa shape index (κ1) is 16.5. The smallest absolute Gasteiger partial charge is 0.251 e. The first-order valence-corrected chi connectivity index (χ1v) is 8.09. The lowest BCUT2D eigenvalue weighted by molar-refractivity contribution is 0.0955. The summed E-state index contributed by atoms with van der Waals surface area (Å²) < 4.78 is 0.941. The average molecular weight is 346 g/mol. The van der Waals surface area contributed by atoms with Crippen molar-refractivity contribution < 1.29 is 9.90 Å². The summed E-state index contributed by atoms with van der Waals surface area (Å²) in [5.74, 6) is 1.41. The maximum absolute atomic E-state index is 12.0. The minimum atomic E-state index is -0.657. The second-order valence-corrected chi connectivity index (χ2v) is 6.99. The summed E-state index contributed by atoms with van der Waals surface area (Å²) in [6, 6.07) is 5.60. The molecule has 2 N–H and O–H groups in total. The van der Waals surface area contributed by atoms with Gasteiger partial charge in [0.25, 0.3) is 5.91 Å². The normalized spacial score (nSPS) is 11.4. The molecular weight excluding hydrogens is 326 g/mol. The van der Waals surface area contributed by atoms with Gasteiger partial charge in [-0.2, -0.15) is 11.8 Å². The molecule has 0 aromatic heterocycles. The van der Waals surface area contributed by atoms with Crippen LogP contribution in [0.3, 0.4) is 0 Å². The molecule has 1 rings (SSSR count). The molecule has 0 atom stereocenters. The van der Waals surface area contributed by atoms with Crippen molar-refractivity contribution in [3.63, 3.8) is 0 Å². The highest BCUT2D eigenvalue weighted by atomic mass is 79.9. The van der Waals surface area contributed by atoms with Gasteiger partial charge in [-0.1, -0.05) is 22.0 Å². The Morgan fingerprint density at radius 1 is 1.47 bits per heavy atom. The number of thioether (sulfide) groups is 1. The number of carbonyl (C=O) groups excluding carboxylic acids is 1. The molecule has 0 bridgehead atoms. The van der Waals surface area contributed by atoms with Crippen LogP contribution in [-0.2, 0) is 0 Å². The molecule has 1 amide bonds. The lowest BCUT2D eigenvalue weighted by Crippen LogP contribution is -2.28. The fraction of sp³-hybridized carbons (Fsp3) is 0.500. The summed E-state index contributed by atoms with van der Waals surface area (Å²) in [5.41, 5.74) is 0.987. The van der Waals surface area contributed by atoms with Crippen molar-refractivity contribution >= 4 is 33.6 Å². The third kappa shape index (κ3) is 5.97. The number of carbonyl (C=O) groups is 1. The fourth-order valence-corrected chi connectivity index (χ4v) is 2.76. The van der Waals surface area contributed by atoms with Crippen LogP contribution in [0.1, 0.15) is 29.8 Å². The molecule has 5 heteroatoms. The summed E-state index contributed by atoms with van der Waals surface area (Å²) in [6.07, 6.45) is 0. The molecule has 19 heavy (non-hydrogen) atoms. The Morgan fingerprint density at radius 2 is 2.16 bits per heavy atom. The van der Waals surface area contributed by atoms with Crippen molar-refractivity contribution in [1.82, 2.24) is 5.32 Å². The summed E-state index contributed by atoms with van der Waals surface area (Å²) >= 11 is 5.05. The summed E-state index contributed by atoms with van der Waals surface area (Å²) in [5, 5.41) is 12.4. The molecule has 0 heterocycles. The van der Waals surface area contributed by atoms with Gasteiger partial charge in [0.2, 0.25) is 0 Å². The van der Waals surface area contributed by atoms with E-state index in [1.807, 2.05) is 25.1 Å². The van der Waals surface area contributed by atoms with Crippen LogP contribution in [0.2, 0.25) is 0 Å². The lowest BCUT2D eigenvalue weighted by atomic mass is 10.1. The molecule has 0 unspecified atom stereocenters. The van der Waals surface area contributed by atoms with E-state index >= 15 is 0 Å². The third-order valence-electron chi connectivity index (χ3n) is 2.50. The molecule has 1 aromatic rings. The van der Waals surface area contributed by atoms with Gasteiger partial charge in [0.1, 0.15) is 0 Å². The topological polar surface area (TPSA) is 49.3 Å². The Morgan fingerprint density at radius 3 is 2.79 bits per heavy atom. The standard InChI is InChI=1S/C14H20BrNO2S/c1-10-11(5-4-6-12(10)15)13(17)16-7-8-19-9-14(2,3)18/h4-6,18H,7-9H2,1-3H3,(H,16,17). The number of amides is 1. The molecule has 0 aliphatic rings. The van der Waals surface area contributed by atoms with Crippen LogP contribution in [0.25, 0.3) is 0 Å². The molecule has 0 aliphatic carbocycles. The van der Waals surface area contributed by atoms with Crippen LogP contribution >= 0.6 is 27.7 Å². The van der Waals surface area contributed by atoms with Gasteiger partial charge < -0.3 is 10.4 Å². The monoisotopic (exact) mass is 345 g/mol. The van der Waals surface area contributed by atoms with Crippen LogP contribution in [-0.4, -0.2) is 34.7 Å². The van der Waals surface area contributed by atoms with E-state index in [0.717, 1.165) is 15.8 Å². The van der Waals surface area contributed by atoms with Crippen LogP contribution in [0.15, 0.2) is 22.7 Å². The van der Waals surface area contributed by atoms with E-state index in [9.17, 15) is 9.90 Å². The number of rotatable bonds is 6. The van der Waals surface area contributed by atoms with Gasteiger partial charge in [0.15, 0.2) is 0 Å². The SMILES string of the molecule is Cc1c(Br)cccc1C(=O)NCCSCC(C)(C)O. The van der Waals surface area contributed by atoms with Crippen LogP contribution in [0.5, 0.6) is 0 Å². The highest BCUT2D eigenvalue weighted by Gasteiger charge is 2.12. The molecule has 106 valence electrons. The zero-order chi connectivity index (χ0) is 14.5. The van der Waals surface area contributed by atoms with E-state index in [0.29, 0.717) is 17.9 Å². The Labute approximate surface area is 127 Å². The lowest BCUT2D eigenvalue weighted by Gasteiger charge is -2.16. The van der Waals surface area contributed by atoms with Crippen LogP contribution < -0.4 is 5.32 Å². The first-order chi connectivity index (χ1) is 8.81. The average Bonchev–Trinajstić information content (AvgIpc) is 2.30. The predicted octanol–water partition coefficient (Wildman–Crippen LogP) is 2.99. The van der Waals surface area contributed by atoms with Gasteiger partial charge in [0.05, 0.1) is 5.60 Å². The van der Waals surface area contributed by atoms with E-state index in [4.69, 9.17) is 0 Å². The largest absolute Gasteiger partial charge is 0.390 e. The molecule has 0 fully saturated rings.